The van der Waals surface area contributed by atoms with Gasteiger partial charge in [-0.1, -0.05) is 0 Å². The second kappa shape index (κ2) is 8.66. The van der Waals surface area contributed by atoms with Crippen LogP contribution in [0.2, 0.25) is 0 Å². The van der Waals surface area contributed by atoms with E-state index in [-0.39, 0.29) is 17.1 Å². The van der Waals surface area contributed by atoms with Gasteiger partial charge >= 0.3 is 0 Å². The van der Waals surface area contributed by atoms with Crippen LogP contribution in [-0.4, -0.2) is 59.5 Å². The SMILES string of the molecule is Nc1nc2c(ncn2[C@@H]2O[C@H](COP(=O)([O-])OP(=O)([O-])OP(=O)([O-])O)C(O)C2O)c(=O)[nH]1. The van der Waals surface area contributed by atoms with Crippen LogP contribution < -0.4 is 26.0 Å². The number of ether oxygens (including phenoxy) is 1. The standard InChI is InChI=1S/C10H16N5O14P3/c11-10-13-7-4(8(18)14-10)12-2-15(7)9-6(17)5(16)3(27-9)1-26-31(22,23)29-32(24,25)28-30(19,20)21/h2-3,5-6,9,16-17H,1H2,(H,22,23)(H,24,25)(H2,19,20,21)(H3,11,13,14,18)/p-3/t3-,5?,6?,9-/m1/s1. The van der Waals surface area contributed by atoms with Crippen molar-refractivity contribution in [3.63, 3.8) is 0 Å². The summed E-state index contributed by atoms with van der Waals surface area (Å²) >= 11 is 0. The van der Waals surface area contributed by atoms with Gasteiger partial charge in [-0.15, -0.1) is 0 Å². The van der Waals surface area contributed by atoms with E-state index >= 15 is 0 Å². The Morgan fingerprint density at radius 2 is 1.84 bits per heavy atom. The molecule has 6 N–H and O–H groups in total. The van der Waals surface area contributed by atoms with Gasteiger partial charge in [0.25, 0.3) is 29.0 Å². The number of phosphoric acid groups is 3. The van der Waals surface area contributed by atoms with Crippen LogP contribution in [0.1, 0.15) is 6.23 Å². The molecule has 5 unspecified atom stereocenters. The van der Waals surface area contributed by atoms with Gasteiger partial charge in [-0.25, -0.2) is 13.6 Å². The zero-order chi connectivity index (χ0) is 24.1. The molecule has 1 fully saturated rings. The number of hydrogen-bond donors (Lipinski definition) is 5. The van der Waals surface area contributed by atoms with E-state index in [0.29, 0.717) is 0 Å². The molecule has 0 aliphatic carbocycles. The molecule has 0 radical (unpaired) electrons. The van der Waals surface area contributed by atoms with E-state index < -0.39 is 60.2 Å². The van der Waals surface area contributed by atoms with Gasteiger partial charge in [0.05, 0.1) is 12.9 Å². The largest absolute Gasteiger partial charge is 0.756 e. The van der Waals surface area contributed by atoms with Gasteiger partial charge in [0.15, 0.2) is 17.4 Å². The quantitative estimate of drug-likeness (QED) is 0.206. The molecule has 2 aromatic rings. The molecule has 0 aromatic carbocycles. The Kier molecular flexibility index (Phi) is 6.78. The smallest absolute Gasteiger partial charge is 0.280 e. The third-order valence-corrected chi connectivity index (χ3v) is 7.55. The van der Waals surface area contributed by atoms with Crippen LogP contribution in [0.4, 0.5) is 5.95 Å². The molecule has 1 saturated heterocycles. The van der Waals surface area contributed by atoms with Crippen molar-refractivity contribution >= 4 is 40.6 Å². The summed E-state index contributed by atoms with van der Waals surface area (Å²) in [7, 11) is -17.8. The third kappa shape index (κ3) is 5.67. The number of aliphatic hydroxyl groups is 2. The number of hydrogen-bond acceptors (Lipinski definition) is 16. The highest BCUT2D eigenvalue weighted by molar-refractivity contribution is 7.65. The fourth-order valence-corrected chi connectivity index (χ4v) is 5.57. The van der Waals surface area contributed by atoms with Crippen molar-refractivity contribution in [2.45, 2.75) is 24.5 Å². The van der Waals surface area contributed by atoms with Crippen molar-refractivity contribution in [3.05, 3.63) is 16.7 Å². The zero-order valence-electron chi connectivity index (χ0n) is 15.2. The van der Waals surface area contributed by atoms with Crippen molar-refractivity contribution < 1.29 is 61.4 Å². The third-order valence-electron chi connectivity index (χ3n) is 3.86. The Labute approximate surface area is 175 Å². The van der Waals surface area contributed by atoms with E-state index in [4.69, 9.17) is 15.4 Å². The molecule has 19 nitrogen and oxygen atoms in total. The maximum absolute atomic E-state index is 11.8. The Hall–Kier alpha value is -1.56. The summed E-state index contributed by atoms with van der Waals surface area (Å²) in [5, 5.41) is 20.3. The first kappa shape index (κ1) is 25.1. The fraction of sp³-hybridized carbons (Fsp3) is 0.500. The predicted molar refractivity (Wildman–Crippen MR) is 91.6 cm³/mol. The highest BCUT2D eigenvalue weighted by Gasteiger charge is 2.45. The summed E-state index contributed by atoms with van der Waals surface area (Å²) in [5.41, 5.74) is 4.41. The molecule has 32 heavy (non-hydrogen) atoms. The van der Waals surface area contributed by atoms with E-state index in [1.54, 1.807) is 0 Å². The Bertz CT molecular complexity index is 1210. The minimum atomic E-state index is -6.11. The zero-order valence-corrected chi connectivity index (χ0v) is 17.9. The van der Waals surface area contributed by atoms with Gasteiger partial charge in [0, 0.05) is 0 Å². The fourth-order valence-electron chi connectivity index (χ4n) is 2.68. The Morgan fingerprint density at radius 3 is 2.47 bits per heavy atom. The summed E-state index contributed by atoms with van der Waals surface area (Å²) in [5.74, 6) is -0.295. The summed E-state index contributed by atoms with van der Waals surface area (Å²) in [6, 6.07) is 0. The molecule has 0 spiro atoms. The van der Waals surface area contributed by atoms with Gasteiger partial charge in [-0.05, 0) is 0 Å². The van der Waals surface area contributed by atoms with Gasteiger partial charge in [0.1, 0.15) is 18.3 Å². The van der Waals surface area contributed by atoms with Crippen LogP contribution >= 0.6 is 23.5 Å². The van der Waals surface area contributed by atoms with Crippen LogP contribution in [0, 0.1) is 0 Å². The molecule has 0 amide bonds. The number of anilines is 1. The summed E-state index contributed by atoms with van der Waals surface area (Å²) < 4.78 is 50.3. The van der Waals surface area contributed by atoms with E-state index in [9.17, 15) is 43.4 Å². The van der Waals surface area contributed by atoms with Crippen LogP contribution in [0.5, 0.6) is 0 Å². The molecular weight excluding hydrogens is 507 g/mol. The number of H-pyrrole nitrogens is 1. The number of aliphatic hydroxyl groups excluding tert-OH is 2. The lowest BCUT2D eigenvalue weighted by Crippen LogP contribution is -2.34. The van der Waals surface area contributed by atoms with Crippen LogP contribution in [-0.2, 0) is 31.6 Å². The molecular formula is C10H13N5O14P3-3. The van der Waals surface area contributed by atoms with Gasteiger partial charge in [-0.3, -0.25) is 28.0 Å². The second-order valence-electron chi connectivity index (χ2n) is 6.14. The van der Waals surface area contributed by atoms with Crippen LogP contribution in [0.15, 0.2) is 11.1 Å². The average molecular weight is 520 g/mol. The van der Waals surface area contributed by atoms with Crippen LogP contribution in [0.25, 0.3) is 11.2 Å². The lowest BCUT2D eigenvalue weighted by molar-refractivity contribution is -0.250. The molecule has 7 atom stereocenters. The van der Waals surface area contributed by atoms with E-state index in [2.05, 4.69) is 28.1 Å². The molecule has 1 aliphatic rings. The number of phosphoric ester groups is 1. The highest BCUT2D eigenvalue weighted by Crippen LogP contribution is 2.61. The number of nitrogens with one attached hydrogen (secondary N) is 1. The number of nitrogens with zero attached hydrogens (tertiary/aromatic N) is 3. The lowest BCUT2D eigenvalue weighted by atomic mass is 10.1. The number of imidazole rings is 1. The van der Waals surface area contributed by atoms with Gasteiger partial charge in [0.2, 0.25) is 5.95 Å². The summed E-state index contributed by atoms with van der Waals surface area (Å²) in [6.45, 7) is -1.12. The number of nitrogens with two attached hydrogens (primary N) is 1. The minimum Gasteiger partial charge on any atom is -0.756 e. The Morgan fingerprint density at radius 1 is 1.19 bits per heavy atom. The number of nitrogen functional groups attached to an aromatic ring is 1. The summed E-state index contributed by atoms with van der Waals surface area (Å²) in [4.78, 5) is 63.2. The molecule has 22 heteroatoms. The first-order chi connectivity index (χ1) is 14.6. The first-order valence-corrected chi connectivity index (χ1v) is 12.5. The van der Waals surface area contributed by atoms with Crippen molar-refractivity contribution in [1.29, 1.82) is 0 Å². The van der Waals surface area contributed by atoms with E-state index in [1.807, 2.05) is 0 Å². The molecule has 0 bridgehead atoms. The predicted octanol–water partition coefficient (Wildman–Crippen LogP) is -4.23. The maximum Gasteiger partial charge on any atom is 0.280 e. The van der Waals surface area contributed by atoms with Gasteiger partial charge in [-0.2, -0.15) is 4.98 Å². The summed E-state index contributed by atoms with van der Waals surface area (Å²) in [6.07, 6.45) is -5.57. The van der Waals surface area contributed by atoms with E-state index in [1.165, 1.54) is 0 Å². The van der Waals surface area contributed by atoms with Crippen LogP contribution in [0.3, 0.4) is 0 Å². The minimum absolute atomic E-state index is 0.141. The van der Waals surface area contributed by atoms with Crippen molar-refractivity contribution in [3.8, 4) is 0 Å². The normalized spacial score (nSPS) is 29.4. The molecule has 2 aromatic heterocycles. The second-order valence-corrected chi connectivity index (χ2v) is 10.4. The number of aromatic amines is 1. The van der Waals surface area contributed by atoms with E-state index in [0.717, 1.165) is 10.9 Å². The molecule has 3 heterocycles. The number of fused-ring (bicyclic) bond motifs is 1. The molecule has 1 aliphatic heterocycles. The molecule has 0 saturated carbocycles. The number of aromatic nitrogens is 4. The topological polar surface area (TPSA) is 308 Å². The van der Waals surface area contributed by atoms with Crippen molar-refractivity contribution in [2.75, 3.05) is 12.3 Å². The number of rotatable bonds is 8. The highest BCUT2D eigenvalue weighted by atomic mass is 31.3. The Balaban J connectivity index is 1.72. The first-order valence-electron chi connectivity index (χ1n) is 8.05. The van der Waals surface area contributed by atoms with Crippen molar-refractivity contribution in [1.82, 2.24) is 19.5 Å². The van der Waals surface area contributed by atoms with Gasteiger partial charge < -0.3 is 44.8 Å². The van der Waals surface area contributed by atoms with Crippen molar-refractivity contribution in [2.24, 2.45) is 0 Å². The molecule has 3 rings (SSSR count). The maximum atomic E-state index is 11.8. The monoisotopic (exact) mass is 520 g/mol. The average Bonchev–Trinajstić information content (AvgIpc) is 3.12. The lowest BCUT2D eigenvalue weighted by Gasteiger charge is -2.33. The molecule has 180 valence electrons.